The number of benzene rings is 1. The normalized spacial score (nSPS) is 9.40. The molecule has 0 radical (unpaired) electrons. The molecule has 4 nitrogen and oxygen atoms in total. The molecule has 0 saturated carbocycles. The van der Waals surface area contributed by atoms with Crippen molar-refractivity contribution in [2.45, 2.75) is 27.4 Å². The highest BCUT2D eigenvalue weighted by molar-refractivity contribution is 9.10. The molecule has 0 amide bonds. The Balaban J connectivity index is 0.000000956. The first-order valence-electron chi connectivity index (χ1n) is 6.35. The van der Waals surface area contributed by atoms with E-state index < -0.39 is 0 Å². The second kappa shape index (κ2) is 8.43. The Morgan fingerprint density at radius 1 is 1.30 bits per heavy atom. The van der Waals surface area contributed by atoms with Gasteiger partial charge in [-0.2, -0.15) is 0 Å². The summed E-state index contributed by atoms with van der Waals surface area (Å²) in [6.45, 7) is 5.87. The molecule has 0 bridgehead atoms. The first kappa shape index (κ1) is 16.3. The van der Waals surface area contributed by atoms with E-state index in [1.807, 2.05) is 13.8 Å². The van der Waals surface area contributed by atoms with Crippen LogP contribution in [0, 0.1) is 0 Å². The minimum atomic E-state index is 0.0242. The maximum Gasteiger partial charge on any atom is 0.159 e. The summed E-state index contributed by atoms with van der Waals surface area (Å²) >= 11 is 3.38. The Hall–Kier alpha value is -1.75. The second-order valence-corrected chi connectivity index (χ2v) is 4.54. The van der Waals surface area contributed by atoms with Gasteiger partial charge in [0.1, 0.15) is 12.4 Å². The van der Waals surface area contributed by atoms with Crippen molar-refractivity contribution in [3.05, 3.63) is 52.5 Å². The lowest BCUT2D eigenvalue weighted by Crippen LogP contribution is -2.00. The van der Waals surface area contributed by atoms with Gasteiger partial charge in [0.15, 0.2) is 5.78 Å². The highest BCUT2D eigenvalue weighted by atomic mass is 79.9. The van der Waals surface area contributed by atoms with Crippen molar-refractivity contribution in [3.8, 4) is 5.75 Å². The van der Waals surface area contributed by atoms with Crippen molar-refractivity contribution < 1.29 is 9.53 Å². The fraction of sp³-hybridized carbons (Fsp3) is 0.267. The highest BCUT2D eigenvalue weighted by Gasteiger charge is 2.06. The van der Waals surface area contributed by atoms with Gasteiger partial charge < -0.3 is 4.74 Å². The summed E-state index contributed by atoms with van der Waals surface area (Å²) in [5.74, 6) is 0.696. The van der Waals surface area contributed by atoms with Crippen LogP contribution in [0.2, 0.25) is 0 Å². The number of ketones is 1. The molecule has 0 aliphatic heterocycles. The van der Waals surface area contributed by atoms with Crippen LogP contribution in [0.25, 0.3) is 0 Å². The number of hydrogen-bond donors (Lipinski definition) is 0. The predicted octanol–water partition coefficient (Wildman–Crippen LogP) is 4.05. The molecule has 0 aliphatic carbocycles. The summed E-state index contributed by atoms with van der Waals surface area (Å²) in [7, 11) is 0. The number of carbonyl (C=O) groups excluding carboxylic acids is 1. The fourth-order valence-corrected chi connectivity index (χ4v) is 1.89. The van der Waals surface area contributed by atoms with Crippen molar-refractivity contribution in [2.75, 3.05) is 0 Å². The third-order valence-electron chi connectivity index (χ3n) is 2.33. The lowest BCUT2D eigenvalue weighted by molar-refractivity contribution is 0.101. The van der Waals surface area contributed by atoms with Gasteiger partial charge in [-0.15, -0.1) is 0 Å². The van der Waals surface area contributed by atoms with Crippen LogP contribution >= 0.6 is 15.9 Å². The Morgan fingerprint density at radius 2 is 2.05 bits per heavy atom. The summed E-state index contributed by atoms with van der Waals surface area (Å²) in [5.41, 5.74) is 1.40. The molecule has 0 atom stereocenters. The van der Waals surface area contributed by atoms with Crippen molar-refractivity contribution in [3.63, 3.8) is 0 Å². The van der Waals surface area contributed by atoms with Gasteiger partial charge in [-0.1, -0.05) is 13.8 Å². The molecule has 0 fully saturated rings. The number of Topliss-reactive ketones (excluding diaryl/α,β-unsaturated/α-hetero) is 1. The van der Waals surface area contributed by atoms with Crippen LogP contribution in [0.5, 0.6) is 5.75 Å². The van der Waals surface area contributed by atoms with Crippen molar-refractivity contribution in [1.82, 2.24) is 9.97 Å². The summed E-state index contributed by atoms with van der Waals surface area (Å²) in [5, 5.41) is 0. The van der Waals surface area contributed by atoms with E-state index in [1.54, 1.807) is 36.8 Å². The molecule has 106 valence electrons. The Kier molecular flexibility index (Phi) is 6.87. The number of nitrogens with zero attached hydrogens (tertiary/aromatic N) is 2. The van der Waals surface area contributed by atoms with E-state index in [1.165, 1.54) is 6.92 Å². The zero-order valence-electron chi connectivity index (χ0n) is 11.8. The summed E-state index contributed by atoms with van der Waals surface area (Å²) in [6, 6.07) is 5.24. The van der Waals surface area contributed by atoms with Crippen LogP contribution in [0.1, 0.15) is 36.8 Å². The van der Waals surface area contributed by atoms with Gasteiger partial charge in [0, 0.05) is 18.0 Å². The third-order valence-corrected chi connectivity index (χ3v) is 2.95. The number of aromatic nitrogens is 2. The molecular formula is C15H17BrN2O2. The first-order chi connectivity index (χ1) is 9.66. The number of halogens is 1. The van der Waals surface area contributed by atoms with Crippen LogP contribution in [-0.4, -0.2) is 15.8 Å². The smallest absolute Gasteiger partial charge is 0.159 e. The molecule has 0 aliphatic rings. The largest absolute Gasteiger partial charge is 0.486 e. The second-order valence-electron chi connectivity index (χ2n) is 3.69. The van der Waals surface area contributed by atoms with E-state index >= 15 is 0 Å². The van der Waals surface area contributed by atoms with Gasteiger partial charge in [0.25, 0.3) is 0 Å². The van der Waals surface area contributed by atoms with Crippen molar-refractivity contribution >= 4 is 21.7 Å². The van der Waals surface area contributed by atoms with E-state index in [4.69, 9.17) is 4.74 Å². The zero-order chi connectivity index (χ0) is 15.0. The molecule has 0 unspecified atom stereocenters. The van der Waals surface area contributed by atoms with Gasteiger partial charge in [0.05, 0.1) is 16.4 Å². The molecule has 1 heterocycles. The van der Waals surface area contributed by atoms with Crippen LogP contribution in [0.3, 0.4) is 0 Å². The van der Waals surface area contributed by atoms with Gasteiger partial charge >= 0.3 is 0 Å². The molecule has 2 rings (SSSR count). The average molecular weight is 337 g/mol. The molecule has 0 saturated heterocycles. The minimum Gasteiger partial charge on any atom is -0.486 e. The zero-order valence-corrected chi connectivity index (χ0v) is 13.3. The molecular weight excluding hydrogens is 320 g/mol. The summed E-state index contributed by atoms with van der Waals surface area (Å²) in [4.78, 5) is 19.3. The van der Waals surface area contributed by atoms with Crippen molar-refractivity contribution in [1.29, 1.82) is 0 Å². The van der Waals surface area contributed by atoms with Crippen LogP contribution in [-0.2, 0) is 6.61 Å². The fourth-order valence-electron chi connectivity index (χ4n) is 1.39. The van der Waals surface area contributed by atoms with E-state index in [0.717, 1.165) is 10.2 Å². The third kappa shape index (κ3) is 4.74. The van der Waals surface area contributed by atoms with Gasteiger partial charge in [-0.3, -0.25) is 14.8 Å². The minimum absolute atomic E-state index is 0.0242. The Bertz CT molecular complexity index is 559. The quantitative estimate of drug-likeness (QED) is 0.790. The average Bonchev–Trinajstić information content (AvgIpc) is 2.49. The monoisotopic (exact) mass is 336 g/mol. The summed E-state index contributed by atoms with van der Waals surface area (Å²) in [6.07, 6.45) is 4.88. The van der Waals surface area contributed by atoms with E-state index in [0.29, 0.717) is 17.9 Å². The van der Waals surface area contributed by atoms with E-state index in [2.05, 4.69) is 25.9 Å². The molecule has 0 N–H and O–H groups in total. The van der Waals surface area contributed by atoms with Gasteiger partial charge in [-0.05, 0) is 41.1 Å². The van der Waals surface area contributed by atoms with Crippen molar-refractivity contribution in [2.24, 2.45) is 0 Å². The maximum absolute atomic E-state index is 11.2. The molecule has 1 aromatic carbocycles. The summed E-state index contributed by atoms with van der Waals surface area (Å²) < 4.78 is 6.35. The van der Waals surface area contributed by atoms with Gasteiger partial charge in [0.2, 0.25) is 0 Å². The SMILES string of the molecule is CC.CC(=O)c1ccc(OCc2cnccn2)c(Br)c1. The van der Waals surface area contributed by atoms with Gasteiger partial charge in [-0.25, -0.2) is 0 Å². The molecule has 20 heavy (non-hydrogen) atoms. The number of carbonyl (C=O) groups is 1. The van der Waals surface area contributed by atoms with Crippen LogP contribution < -0.4 is 4.74 Å². The van der Waals surface area contributed by atoms with Crippen LogP contribution in [0.15, 0.2) is 41.3 Å². The lowest BCUT2D eigenvalue weighted by atomic mass is 10.1. The number of rotatable bonds is 4. The predicted molar refractivity (Wildman–Crippen MR) is 81.9 cm³/mol. The topological polar surface area (TPSA) is 52.1 Å². The van der Waals surface area contributed by atoms with E-state index in [9.17, 15) is 4.79 Å². The molecule has 0 spiro atoms. The molecule has 2 aromatic rings. The molecule has 1 aromatic heterocycles. The Morgan fingerprint density at radius 3 is 2.60 bits per heavy atom. The van der Waals surface area contributed by atoms with E-state index in [-0.39, 0.29) is 5.78 Å². The van der Waals surface area contributed by atoms with Crippen LogP contribution in [0.4, 0.5) is 0 Å². The number of hydrogen-bond acceptors (Lipinski definition) is 4. The maximum atomic E-state index is 11.2. The molecule has 5 heteroatoms. The Labute approximate surface area is 127 Å². The highest BCUT2D eigenvalue weighted by Crippen LogP contribution is 2.26. The standard InChI is InChI=1S/C13H11BrN2O2.C2H6/c1-9(17)10-2-3-13(12(14)6-10)18-8-11-7-15-4-5-16-11;1-2/h2-7H,8H2,1H3;1-2H3. The number of ether oxygens (including phenoxy) is 1. The lowest BCUT2D eigenvalue weighted by Gasteiger charge is -2.08. The first-order valence-corrected chi connectivity index (χ1v) is 7.14.